The van der Waals surface area contributed by atoms with Crippen molar-refractivity contribution in [2.24, 2.45) is 5.92 Å². The molecular weight excluding hydrogens is 192 g/mol. The summed E-state index contributed by atoms with van der Waals surface area (Å²) in [6.07, 6.45) is 3.32. The maximum Gasteiger partial charge on any atom is 0.149 e. The van der Waals surface area contributed by atoms with Crippen molar-refractivity contribution in [1.29, 1.82) is 0 Å². The molecule has 1 fully saturated rings. The zero-order chi connectivity index (χ0) is 10.7. The van der Waals surface area contributed by atoms with E-state index in [1.165, 1.54) is 0 Å². The Morgan fingerprint density at radius 2 is 2.27 bits per heavy atom. The van der Waals surface area contributed by atoms with E-state index in [9.17, 15) is 0 Å². The number of aliphatic hydroxyl groups is 1. The molecule has 1 heterocycles. The van der Waals surface area contributed by atoms with Crippen LogP contribution in [0.25, 0.3) is 0 Å². The molecule has 4 N–H and O–H groups in total. The van der Waals surface area contributed by atoms with Crippen molar-refractivity contribution in [3.63, 3.8) is 0 Å². The van der Waals surface area contributed by atoms with E-state index >= 15 is 0 Å². The van der Waals surface area contributed by atoms with E-state index in [1.807, 2.05) is 6.07 Å². The number of aromatic nitrogens is 2. The summed E-state index contributed by atoms with van der Waals surface area (Å²) in [5, 5.41) is 20.2. The SMILES string of the molecule is Nc1ccc(NC2CCCC2CO)nn1. The van der Waals surface area contributed by atoms with E-state index < -0.39 is 0 Å². The summed E-state index contributed by atoms with van der Waals surface area (Å²) >= 11 is 0. The van der Waals surface area contributed by atoms with Gasteiger partial charge in [-0.2, -0.15) is 0 Å². The fraction of sp³-hybridized carbons (Fsp3) is 0.600. The number of hydrogen-bond acceptors (Lipinski definition) is 5. The van der Waals surface area contributed by atoms with Crippen molar-refractivity contribution in [2.75, 3.05) is 17.7 Å². The number of rotatable bonds is 3. The highest BCUT2D eigenvalue weighted by molar-refractivity contribution is 5.39. The Bertz CT molecular complexity index is 314. The summed E-state index contributed by atoms with van der Waals surface area (Å²) in [5.74, 6) is 1.49. The first-order chi connectivity index (χ1) is 7.29. The van der Waals surface area contributed by atoms with E-state index in [1.54, 1.807) is 6.07 Å². The minimum absolute atomic E-state index is 0.236. The van der Waals surface area contributed by atoms with Crippen molar-refractivity contribution in [2.45, 2.75) is 25.3 Å². The number of nitrogens with zero attached hydrogens (tertiary/aromatic N) is 2. The average molecular weight is 208 g/mol. The Labute approximate surface area is 88.7 Å². The van der Waals surface area contributed by atoms with Crippen molar-refractivity contribution >= 4 is 11.6 Å². The summed E-state index contributed by atoms with van der Waals surface area (Å²) in [5.41, 5.74) is 5.45. The van der Waals surface area contributed by atoms with Gasteiger partial charge in [0, 0.05) is 18.6 Å². The van der Waals surface area contributed by atoms with E-state index in [4.69, 9.17) is 10.8 Å². The predicted molar refractivity (Wildman–Crippen MR) is 58.3 cm³/mol. The van der Waals surface area contributed by atoms with Crippen molar-refractivity contribution in [3.05, 3.63) is 12.1 Å². The molecule has 0 radical (unpaired) electrons. The van der Waals surface area contributed by atoms with Gasteiger partial charge in [0.25, 0.3) is 0 Å². The molecule has 1 aliphatic rings. The molecule has 1 aliphatic carbocycles. The maximum atomic E-state index is 9.16. The Kier molecular flexibility index (Phi) is 3.01. The average Bonchev–Trinajstić information content (AvgIpc) is 2.69. The van der Waals surface area contributed by atoms with Gasteiger partial charge in [-0.05, 0) is 25.0 Å². The lowest BCUT2D eigenvalue weighted by Gasteiger charge is -2.18. The van der Waals surface area contributed by atoms with Crippen molar-refractivity contribution in [1.82, 2.24) is 10.2 Å². The van der Waals surface area contributed by atoms with Crippen LogP contribution in [0.15, 0.2) is 12.1 Å². The number of anilines is 2. The Morgan fingerprint density at radius 3 is 2.93 bits per heavy atom. The summed E-state index contributed by atoms with van der Waals surface area (Å²) in [6.45, 7) is 0.236. The van der Waals surface area contributed by atoms with Gasteiger partial charge in [0.15, 0.2) is 0 Å². The summed E-state index contributed by atoms with van der Waals surface area (Å²) in [7, 11) is 0. The lowest BCUT2D eigenvalue weighted by Crippen LogP contribution is -2.26. The van der Waals surface area contributed by atoms with Gasteiger partial charge >= 0.3 is 0 Å². The predicted octanol–water partition coefficient (Wildman–Crippen LogP) is 0.632. The van der Waals surface area contributed by atoms with Gasteiger partial charge in [-0.15, -0.1) is 10.2 Å². The summed E-state index contributed by atoms with van der Waals surface area (Å²) < 4.78 is 0. The normalized spacial score (nSPS) is 25.4. The number of nitrogens with one attached hydrogen (secondary N) is 1. The molecule has 0 aliphatic heterocycles. The minimum Gasteiger partial charge on any atom is -0.396 e. The van der Waals surface area contributed by atoms with Crippen LogP contribution < -0.4 is 11.1 Å². The molecule has 1 aromatic heterocycles. The molecule has 1 aromatic rings. The van der Waals surface area contributed by atoms with Crippen LogP contribution >= 0.6 is 0 Å². The second kappa shape index (κ2) is 4.44. The third kappa shape index (κ3) is 2.36. The first kappa shape index (κ1) is 10.2. The van der Waals surface area contributed by atoms with E-state index in [-0.39, 0.29) is 6.61 Å². The van der Waals surface area contributed by atoms with Crippen LogP contribution in [0, 0.1) is 5.92 Å². The van der Waals surface area contributed by atoms with Crippen LogP contribution in [0.3, 0.4) is 0 Å². The second-order valence-electron chi connectivity index (χ2n) is 3.97. The van der Waals surface area contributed by atoms with Crippen LogP contribution in [0.4, 0.5) is 11.6 Å². The fourth-order valence-corrected chi connectivity index (χ4v) is 2.05. The highest BCUT2D eigenvalue weighted by Gasteiger charge is 2.26. The largest absolute Gasteiger partial charge is 0.396 e. The van der Waals surface area contributed by atoms with Crippen LogP contribution in [-0.2, 0) is 0 Å². The summed E-state index contributed by atoms with van der Waals surface area (Å²) in [6, 6.07) is 3.85. The molecule has 0 aromatic carbocycles. The molecule has 5 nitrogen and oxygen atoms in total. The lowest BCUT2D eigenvalue weighted by molar-refractivity contribution is 0.222. The fourth-order valence-electron chi connectivity index (χ4n) is 2.05. The molecule has 0 saturated heterocycles. The van der Waals surface area contributed by atoms with Gasteiger partial charge in [0.1, 0.15) is 11.6 Å². The van der Waals surface area contributed by atoms with Crippen molar-refractivity contribution < 1.29 is 5.11 Å². The third-order valence-electron chi connectivity index (χ3n) is 2.91. The highest BCUT2D eigenvalue weighted by atomic mass is 16.3. The van der Waals surface area contributed by atoms with Crippen LogP contribution in [0.2, 0.25) is 0 Å². The molecule has 0 bridgehead atoms. The van der Waals surface area contributed by atoms with Gasteiger partial charge in [-0.1, -0.05) is 6.42 Å². The summed E-state index contributed by atoms with van der Waals surface area (Å²) in [4.78, 5) is 0. The minimum atomic E-state index is 0.236. The number of hydrogen-bond donors (Lipinski definition) is 3. The standard InChI is InChI=1S/C10H16N4O/c11-9-4-5-10(14-13-9)12-8-3-1-2-7(8)6-15/h4-5,7-8,15H,1-3,6H2,(H2,11,13)(H,12,14). The van der Waals surface area contributed by atoms with E-state index in [0.717, 1.165) is 25.1 Å². The zero-order valence-corrected chi connectivity index (χ0v) is 8.56. The Balaban J connectivity index is 1.99. The van der Waals surface area contributed by atoms with Gasteiger partial charge in [-0.3, -0.25) is 0 Å². The molecule has 15 heavy (non-hydrogen) atoms. The monoisotopic (exact) mass is 208 g/mol. The smallest absolute Gasteiger partial charge is 0.149 e. The third-order valence-corrected chi connectivity index (χ3v) is 2.91. The Hall–Kier alpha value is -1.36. The molecule has 0 spiro atoms. The van der Waals surface area contributed by atoms with Gasteiger partial charge in [-0.25, -0.2) is 0 Å². The molecule has 0 amide bonds. The molecular formula is C10H16N4O. The highest BCUT2D eigenvalue weighted by Crippen LogP contribution is 2.27. The van der Waals surface area contributed by atoms with Crippen LogP contribution in [0.5, 0.6) is 0 Å². The first-order valence-corrected chi connectivity index (χ1v) is 5.26. The van der Waals surface area contributed by atoms with Gasteiger partial charge in [0.05, 0.1) is 0 Å². The van der Waals surface area contributed by atoms with Crippen LogP contribution in [0.1, 0.15) is 19.3 Å². The van der Waals surface area contributed by atoms with E-state index in [2.05, 4.69) is 15.5 Å². The van der Waals surface area contributed by atoms with Gasteiger partial charge < -0.3 is 16.2 Å². The second-order valence-corrected chi connectivity index (χ2v) is 3.97. The number of aliphatic hydroxyl groups excluding tert-OH is 1. The number of nitrogens with two attached hydrogens (primary N) is 1. The molecule has 2 unspecified atom stereocenters. The van der Waals surface area contributed by atoms with Crippen molar-refractivity contribution in [3.8, 4) is 0 Å². The van der Waals surface area contributed by atoms with Crippen LogP contribution in [-0.4, -0.2) is 28.0 Å². The topological polar surface area (TPSA) is 84.1 Å². The Morgan fingerprint density at radius 1 is 1.40 bits per heavy atom. The lowest BCUT2D eigenvalue weighted by atomic mass is 10.1. The molecule has 2 rings (SSSR count). The van der Waals surface area contributed by atoms with E-state index in [0.29, 0.717) is 17.8 Å². The maximum absolute atomic E-state index is 9.16. The number of nitrogen functional groups attached to an aromatic ring is 1. The quantitative estimate of drug-likeness (QED) is 0.678. The zero-order valence-electron chi connectivity index (χ0n) is 8.56. The van der Waals surface area contributed by atoms with Gasteiger partial charge in [0.2, 0.25) is 0 Å². The molecule has 2 atom stereocenters. The molecule has 5 heteroatoms. The molecule has 82 valence electrons. The first-order valence-electron chi connectivity index (χ1n) is 5.26. The molecule has 1 saturated carbocycles.